The lowest BCUT2D eigenvalue weighted by Crippen LogP contribution is -2.43. The fourth-order valence-electron chi connectivity index (χ4n) is 3.11. The zero-order valence-electron chi connectivity index (χ0n) is 15.4. The van der Waals surface area contributed by atoms with E-state index >= 15 is 0 Å². The average Bonchev–Trinajstić information content (AvgIpc) is 3.40. The zero-order chi connectivity index (χ0) is 19.5. The summed E-state index contributed by atoms with van der Waals surface area (Å²) in [4.78, 5) is 32.4. The van der Waals surface area contributed by atoms with Gasteiger partial charge in [-0.3, -0.25) is 9.59 Å². The maximum absolute atomic E-state index is 12.8. The van der Waals surface area contributed by atoms with Crippen LogP contribution < -0.4 is 15.5 Å². The Morgan fingerprint density at radius 3 is 2.71 bits per heavy atom. The van der Waals surface area contributed by atoms with E-state index in [0.29, 0.717) is 16.9 Å². The Bertz CT molecular complexity index is 992. The average molecular weight is 413 g/mol. The van der Waals surface area contributed by atoms with Gasteiger partial charge in [0.1, 0.15) is 10.7 Å². The van der Waals surface area contributed by atoms with E-state index in [1.807, 2.05) is 29.6 Å². The van der Waals surface area contributed by atoms with Crippen LogP contribution in [0, 0.1) is 0 Å². The zero-order valence-corrected chi connectivity index (χ0v) is 17.0. The number of hydrogen-bond acceptors (Lipinski definition) is 7. The molecular formula is C20H20N4O2S2. The highest BCUT2D eigenvalue weighted by molar-refractivity contribution is 7.20. The Kier molecular flexibility index (Phi) is 5.52. The maximum atomic E-state index is 12.8. The van der Waals surface area contributed by atoms with E-state index in [4.69, 9.17) is 0 Å². The molecule has 2 aromatic heterocycles. The summed E-state index contributed by atoms with van der Waals surface area (Å²) in [5.41, 5.74) is 2.53. The molecule has 4 rings (SSSR count). The standard InChI is InChI=1S/C20H20N4O2S2/c1-13(25)14-4-5-17(24-8-6-21-7-9-24)15(11-14)22-19(26)16-12-28-20(23-16)18-3-2-10-27-18/h2-5,10-12,21H,6-9H2,1H3,(H,22,26). The molecule has 0 radical (unpaired) electrons. The Balaban J connectivity index is 1.61. The van der Waals surface area contributed by atoms with Crippen molar-refractivity contribution in [2.45, 2.75) is 6.92 Å². The van der Waals surface area contributed by atoms with E-state index in [9.17, 15) is 9.59 Å². The van der Waals surface area contributed by atoms with Gasteiger partial charge in [0.2, 0.25) is 0 Å². The van der Waals surface area contributed by atoms with Gasteiger partial charge < -0.3 is 15.5 Å². The molecule has 0 atom stereocenters. The van der Waals surface area contributed by atoms with Crippen molar-refractivity contribution in [2.24, 2.45) is 0 Å². The highest BCUT2D eigenvalue weighted by atomic mass is 32.1. The second kappa shape index (κ2) is 8.22. The number of amides is 1. The lowest BCUT2D eigenvalue weighted by atomic mass is 10.1. The van der Waals surface area contributed by atoms with Crippen LogP contribution in [0.25, 0.3) is 9.88 Å². The predicted molar refractivity (Wildman–Crippen MR) is 115 cm³/mol. The van der Waals surface area contributed by atoms with Gasteiger partial charge in [-0.05, 0) is 36.6 Å². The number of ketones is 1. The van der Waals surface area contributed by atoms with Crippen molar-refractivity contribution >= 4 is 45.7 Å². The number of nitrogens with zero attached hydrogens (tertiary/aromatic N) is 2. The van der Waals surface area contributed by atoms with Crippen LogP contribution in [-0.4, -0.2) is 42.9 Å². The Hall–Kier alpha value is -2.55. The fourth-order valence-corrected chi connectivity index (χ4v) is 4.73. The predicted octanol–water partition coefficient (Wildman–Crippen LogP) is 3.74. The number of piperazine rings is 1. The smallest absolute Gasteiger partial charge is 0.275 e. The summed E-state index contributed by atoms with van der Waals surface area (Å²) < 4.78 is 0. The summed E-state index contributed by atoms with van der Waals surface area (Å²) in [6.45, 7) is 5.00. The summed E-state index contributed by atoms with van der Waals surface area (Å²) >= 11 is 3.05. The molecule has 8 heteroatoms. The lowest BCUT2D eigenvalue weighted by molar-refractivity contribution is 0.100. The quantitative estimate of drug-likeness (QED) is 0.625. The Morgan fingerprint density at radius 2 is 2.00 bits per heavy atom. The molecule has 1 saturated heterocycles. The minimum absolute atomic E-state index is 0.0315. The van der Waals surface area contributed by atoms with Crippen LogP contribution in [0.5, 0.6) is 0 Å². The molecule has 1 amide bonds. The molecule has 1 aromatic carbocycles. The van der Waals surface area contributed by atoms with Crippen molar-refractivity contribution in [1.82, 2.24) is 10.3 Å². The maximum Gasteiger partial charge on any atom is 0.275 e. The second-order valence-corrected chi connectivity index (χ2v) is 8.30. The number of thiazole rings is 1. The molecule has 1 fully saturated rings. The van der Waals surface area contributed by atoms with Gasteiger partial charge in [-0.2, -0.15) is 0 Å². The normalized spacial score (nSPS) is 14.1. The van der Waals surface area contributed by atoms with Gasteiger partial charge in [-0.1, -0.05) is 6.07 Å². The summed E-state index contributed by atoms with van der Waals surface area (Å²) in [5.74, 6) is -0.299. The minimum atomic E-state index is -0.267. The first kappa shape index (κ1) is 18.8. The molecule has 3 aromatic rings. The Labute approximate surface area is 171 Å². The van der Waals surface area contributed by atoms with Crippen molar-refractivity contribution < 1.29 is 9.59 Å². The van der Waals surface area contributed by atoms with Crippen LogP contribution in [0.15, 0.2) is 41.1 Å². The molecule has 0 saturated carbocycles. The molecule has 144 valence electrons. The van der Waals surface area contributed by atoms with Gasteiger partial charge in [0, 0.05) is 37.1 Å². The third-order valence-corrected chi connectivity index (χ3v) is 6.46. The van der Waals surface area contributed by atoms with Crippen LogP contribution in [0.1, 0.15) is 27.8 Å². The van der Waals surface area contributed by atoms with Crippen LogP contribution in [-0.2, 0) is 0 Å². The van der Waals surface area contributed by atoms with Crippen LogP contribution in [0.3, 0.4) is 0 Å². The number of rotatable bonds is 5. The first-order valence-electron chi connectivity index (χ1n) is 9.03. The van der Waals surface area contributed by atoms with Crippen molar-refractivity contribution in [2.75, 3.05) is 36.4 Å². The van der Waals surface area contributed by atoms with E-state index < -0.39 is 0 Å². The first-order chi connectivity index (χ1) is 13.6. The molecule has 0 bridgehead atoms. The summed E-state index contributed by atoms with van der Waals surface area (Å²) in [7, 11) is 0. The van der Waals surface area contributed by atoms with Crippen molar-refractivity contribution in [3.63, 3.8) is 0 Å². The molecule has 28 heavy (non-hydrogen) atoms. The number of carbonyl (C=O) groups is 2. The van der Waals surface area contributed by atoms with Gasteiger partial charge in [0.25, 0.3) is 5.91 Å². The third-order valence-electron chi connectivity index (χ3n) is 4.58. The van der Waals surface area contributed by atoms with Crippen molar-refractivity contribution in [1.29, 1.82) is 0 Å². The van der Waals surface area contributed by atoms with E-state index in [2.05, 4.69) is 20.5 Å². The van der Waals surface area contributed by atoms with Gasteiger partial charge in [-0.25, -0.2) is 4.98 Å². The fraction of sp³-hybridized carbons (Fsp3) is 0.250. The van der Waals surface area contributed by atoms with Gasteiger partial charge in [0.15, 0.2) is 5.78 Å². The van der Waals surface area contributed by atoms with E-state index in [1.165, 1.54) is 18.3 Å². The number of carbonyl (C=O) groups excluding carboxylic acids is 2. The number of nitrogens with one attached hydrogen (secondary N) is 2. The topological polar surface area (TPSA) is 74.3 Å². The van der Waals surface area contributed by atoms with Crippen LogP contribution in [0.4, 0.5) is 11.4 Å². The number of aromatic nitrogens is 1. The number of benzene rings is 1. The molecule has 0 unspecified atom stereocenters. The van der Waals surface area contributed by atoms with Gasteiger partial charge in [0.05, 0.1) is 16.3 Å². The molecule has 1 aliphatic rings. The number of thiophene rings is 1. The third kappa shape index (κ3) is 3.99. The van der Waals surface area contributed by atoms with E-state index in [0.717, 1.165) is 41.8 Å². The second-order valence-electron chi connectivity index (χ2n) is 6.49. The van der Waals surface area contributed by atoms with Gasteiger partial charge in [-0.15, -0.1) is 22.7 Å². The minimum Gasteiger partial charge on any atom is -0.367 e. The first-order valence-corrected chi connectivity index (χ1v) is 10.8. The monoisotopic (exact) mass is 412 g/mol. The molecule has 6 nitrogen and oxygen atoms in total. The largest absolute Gasteiger partial charge is 0.367 e. The molecule has 2 N–H and O–H groups in total. The Morgan fingerprint density at radius 1 is 1.18 bits per heavy atom. The molecule has 1 aliphatic heterocycles. The summed E-state index contributed by atoms with van der Waals surface area (Å²) in [6.07, 6.45) is 0. The molecule has 0 spiro atoms. The van der Waals surface area contributed by atoms with E-state index in [1.54, 1.807) is 22.8 Å². The number of Topliss-reactive ketones (excluding diaryl/α,β-unsaturated/α-hetero) is 1. The number of anilines is 2. The van der Waals surface area contributed by atoms with Crippen LogP contribution in [0.2, 0.25) is 0 Å². The summed E-state index contributed by atoms with van der Waals surface area (Å²) in [6, 6.07) is 9.44. The summed E-state index contributed by atoms with van der Waals surface area (Å²) in [5, 5.41) is 10.9. The van der Waals surface area contributed by atoms with Crippen molar-refractivity contribution in [3.05, 3.63) is 52.3 Å². The SMILES string of the molecule is CC(=O)c1ccc(N2CCNCC2)c(NC(=O)c2csc(-c3cccs3)n2)c1. The highest BCUT2D eigenvalue weighted by Crippen LogP contribution is 2.30. The molecule has 0 aliphatic carbocycles. The number of hydrogen-bond donors (Lipinski definition) is 2. The molecule has 3 heterocycles. The lowest BCUT2D eigenvalue weighted by Gasteiger charge is -2.31. The highest BCUT2D eigenvalue weighted by Gasteiger charge is 2.19. The van der Waals surface area contributed by atoms with Gasteiger partial charge >= 0.3 is 0 Å². The molecular weight excluding hydrogens is 392 g/mol. The van der Waals surface area contributed by atoms with Crippen molar-refractivity contribution in [3.8, 4) is 9.88 Å². The van der Waals surface area contributed by atoms with Crippen LogP contribution >= 0.6 is 22.7 Å². The van der Waals surface area contributed by atoms with E-state index in [-0.39, 0.29) is 11.7 Å².